The van der Waals surface area contributed by atoms with Gasteiger partial charge in [0.2, 0.25) is 0 Å². The van der Waals surface area contributed by atoms with E-state index in [-0.39, 0.29) is 18.3 Å². The van der Waals surface area contributed by atoms with Crippen LogP contribution in [0, 0.1) is 10.8 Å². The third-order valence-electron chi connectivity index (χ3n) is 3.21. The number of rotatable bonds is 0. The van der Waals surface area contributed by atoms with E-state index in [2.05, 4.69) is 0 Å². The molecule has 0 aromatic heterocycles. The Morgan fingerprint density at radius 1 is 0.750 bits per heavy atom. The molecule has 3 rings (SSSR count). The lowest BCUT2D eigenvalue weighted by Crippen LogP contribution is -2.42. The fourth-order valence-corrected chi connectivity index (χ4v) is 2.24. The zero-order valence-electron chi connectivity index (χ0n) is 4.07. The highest BCUT2D eigenvalue weighted by Crippen LogP contribution is 3.04. The van der Waals surface area contributed by atoms with Crippen LogP contribution < -0.4 is 0 Å². The van der Waals surface area contributed by atoms with Crippen molar-refractivity contribution in [1.82, 2.24) is 0 Å². The predicted molar refractivity (Wildman–Crippen MR) is 22.9 cm³/mol. The summed E-state index contributed by atoms with van der Waals surface area (Å²) < 4.78 is 0. The van der Waals surface area contributed by atoms with Crippen LogP contribution in [0.1, 0.15) is 0 Å². The van der Waals surface area contributed by atoms with Crippen molar-refractivity contribution in [3.63, 3.8) is 0 Å². The molecule has 0 atom stereocenters. The first-order valence-corrected chi connectivity index (χ1v) is 2.76. The molecule has 0 spiro atoms. The van der Waals surface area contributed by atoms with Gasteiger partial charge in [0, 0.05) is 0 Å². The maximum atomic E-state index is 8.81. The van der Waals surface area contributed by atoms with E-state index in [9.17, 15) is 0 Å². The molecule has 0 amide bonds. The maximum absolute atomic E-state index is 8.81. The van der Waals surface area contributed by atoms with Gasteiger partial charge in [-0.3, -0.25) is 0 Å². The molecule has 0 aliphatic heterocycles. The van der Waals surface area contributed by atoms with E-state index in [0.717, 1.165) is 0 Å². The van der Waals surface area contributed by atoms with Crippen LogP contribution in [0.2, 0.25) is 0 Å². The number of hydrogen-bond acceptors (Lipinski definition) is 3. The van der Waals surface area contributed by atoms with Crippen LogP contribution in [0.5, 0.6) is 0 Å². The highest BCUT2D eigenvalue weighted by molar-refractivity contribution is 5.65. The first-order chi connectivity index (χ1) is 3.71. The van der Waals surface area contributed by atoms with Crippen LogP contribution in [0.3, 0.4) is 0 Å². The summed E-state index contributed by atoms with van der Waals surface area (Å²) in [6.45, 7) is 0. The normalized spacial score (nSPS) is 89.6. The van der Waals surface area contributed by atoms with E-state index < -0.39 is 10.8 Å². The van der Waals surface area contributed by atoms with Crippen LogP contribution in [-0.2, 0) is 0 Å². The van der Waals surface area contributed by atoms with Gasteiger partial charge in [-0.25, -0.2) is 0 Å². The third-order valence-corrected chi connectivity index (χ3v) is 3.21. The summed E-state index contributed by atoms with van der Waals surface area (Å²) in [5.74, 6) is 0. The molecule has 3 aliphatic rings. The lowest BCUT2D eigenvalue weighted by atomic mass is 9.91. The van der Waals surface area contributed by atoms with Gasteiger partial charge < -0.3 is 15.3 Å². The van der Waals surface area contributed by atoms with Crippen molar-refractivity contribution in [1.29, 1.82) is 0 Å². The van der Waals surface area contributed by atoms with Gasteiger partial charge in [-0.1, -0.05) is 0 Å². The first-order valence-electron chi connectivity index (χ1n) is 2.76. The molecule has 3 N–H and O–H groups in total. The molecule has 8 heavy (non-hydrogen) atoms. The van der Waals surface area contributed by atoms with Crippen LogP contribution >= 0.6 is 0 Å². The number of aliphatic hydroxyl groups is 3. The van der Waals surface area contributed by atoms with Gasteiger partial charge in [0.1, 0.15) is 0 Å². The minimum Gasteiger partial charge on any atom is -0.391 e. The van der Waals surface area contributed by atoms with Crippen LogP contribution in [0.15, 0.2) is 0 Å². The Hall–Kier alpha value is -0.120. The fraction of sp³-hybridized carbons (Fsp3) is 1.00. The van der Waals surface area contributed by atoms with Gasteiger partial charge in [-0.05, 0) is 0 Å². The first kappa shape index (κ1) is 3.82. The summed E-state index contributed by atoms with van der Waals surface area (Å²) >= 11 is 0. The van der Waals surface area contributed by atoms with Crippen molar-refractivity contribution in [2.75, 3.05) is 0 Å². The molecule has 0 aromatic rings. The molecule has 0 bridgehead atoms. The Kier molecular flexibility index (Phi) is 0.261. The van der Waals surface area contributed by atoms with Gasteiger partial charge in [0.25, 0.3) is 0 Å². The lowest BCUT2D eigenvalue weighted by Gasteiger charge is -2.26. The van der Waals surface area contributed by atoms with E-state index in [1.165, 1.54) is 0 Å². The fourth-order valence-electron chi connectivity index (χ4n) is 2.24. The molecule has 0 saturated heterocycles. The largest absolute Gasteiger partial charge is 0.391 e. The molecule has 3 heteroatoms. The van der Waals surface area contributed by atoms with Crippen LogP contribution in [0.25, 0.3) is 0 Å². The summed E-state index contributed by atoms with van der Waals surface area (Å²) in [6.07, 6.45) is -1.13. The van der Waals surface area contributed by atoms with Crippen molar-refractivity contribution in [3.8, 4) is 0 Å². The van der Waals surface area contributed by atoms with Gasteiger partial charge in [0.05, 0.1) is 29.1 Å². The van der Waals surface area contributed by atoms with Gasteiger partial charge in [-0.2, -0.15) is 0 Å². The second kappa shape index (κ2) is 0.546. The quantitative estimate of drug-likeness (QED) is 0.344. The van der Waals surface area contributed by atoms with Crippen molar-refractivity contribution in [3.05, 3.63) is 0 Å². The average molecular weight is 114 g/mol. The smallest absolute Gasteiger partial charge is 0.0769 e. The molecular formula is C5H6O3. The third kappa shape index (κ3) is 0.0926. The minimum absolute atomic E-state index is 0.375. The average Bonchev–Trinajstić information content (AvgIpc) is 2.63. The molecule has 3 nitrogen and oxygen atoms in total. The van der Waals surface area contributed by atoms with Crippen molar-refractivity contribution in [2.45, 2.75) is 18.3 Å². The molecule has 0 radical (unpaired) electrons. The van der Waals surface area contributed by atoms with Crippen LogP contribution in [-0.4, -0.2) is 33.6 Å². The summed E-state index contributed by atoms with van der Waals surface area (Å²) in [4.78, 5) is 0. The van der Waals surface area contributed by atoms with Crippen molar-refractivity contribution >= 4 is 0 Å². The zero-order valence-corrected chi connectivity index (χ0v) is 4.07. The van der Waals surface area contributed by atoms with Crippen molar-refractivity contribution < 1.29 is 15.3 Å². The SMILES string of the molecule is OC1C23C(O)C12C3O. The molecule has 0 unspecified atom stereocenters. The highest BCUT2D eigenvalue weighted by Gasteiger charge is 3.19. The second-order valence-electron chi connectivity index (χ2n) is 3.07. The molecule has 3 aliphatic carbocycles. The Labute approximate surface area is 45.6 Å². The molecule has 3 fully saturated rings. The Bertz CT molecular complexity index is 141. The van der Waals surface area contributed by atoms with Crippen molar-refractivity contribution in [2.24, 2.45) is 10.8 Å². The lowest BCUT2D eigenvalue weighted by molar-refractivity contribution is -0.0798. The Morgan fingerprint density at radius 2 is 1.00 bits per heavy atom. The number of aliphatic hydroxyl groups excluding tert-OH is 3. The summed E-state index contributed by atoms with van der Waals surface area (Å²) in [5.41, 5.74) is -0.792. The van der Waals surface area contributed by atoms with E-state index in [1.54, 1.807) is 0 Å². The maximum Gasteiger partial charge on any atom is 0.0769 e. The molecular weight excluding hydrogens is 108 g/mol. The summed E-state index contributed by atoms with van der Waals surface area (Å²) in [5, 5.41) is 26.4. The van der Waals surface area contributed by atoms with Crippen LogP contribution in [0.4, 0.5) is 0 Å². The van der Waals surface area contributed by atoms with E-state index in [1.807, 2.05) is 0 Å². The number of hydrogen-bond donors (Lipinski definition) is 3. The van der Waals surface area contributed by atoms with Gasteiger partial charge >= 0.3 is 0 Å². The van der Waals surface area contributed by atoms with E-state index in [0.29, 0.717) is 0 Å². The molecule has 0 aromatic carbocycles. The Balaban J connectivity index is 2.04. The van der Waals surface area contributed by atoms with Gasteiger partial charge in [-0.15, -0.1) is 0 Å². The van der Waals surface area contributed by atoms with E-state index in [4.69, 9.17) is 15.3 Å². The molecule has 44 valence electrons. The molecule has 3 saturated carbocycles. The van der Waals surface area contributed by atoms with E-state index >= 15 is 0 Å². The highest BCUT2D eigenvalue weighted by atomic mass is 16.4. The summed E-state index contributed by atoms with van der Waals surface area (Å²) in [6, 6.07) is 0. The zero-order chi connectivity index (χ0) is 5.73. The predicted octanol–water partition coefficient (Wildman–Crippen LogP) is -1.92. The topological polar surface area (TPSA) is 60.7 Å². The monoisotopic (exact) mass is 114 g/mol. The second-order valence-corrected chi connectivity index (χ2v) is 3.07. The summed E-state index contributed by atoms with van der Waals surface area (Å²) in [7, 11) is 0. The standard InChI is InChI=1S/C5H6O3/c6-1-4-2(7)5(1,4)3(4)8/h1-3,6-8H. The van der Waals surface area contributed by atoms with Gasteiger partial charge in [0.15, 0.2) is 0 Å². The minimum atomic E-state index is -0.396. The Morgan fingerprint density at radius 3 is 1.00 bits per heavy atom. The molecule has 0 heterocycles.